The Balaban J connectivity index is 2.11. The highest BCUT2D eigenvalue weighted by Gasteiger charge is 2.51. The number of carbonyl (C=O) groups excluding carboxylic acids is 2. The van der Waals surface area contributed by atoms with Gasteiger partial charge in [-0.2, -0.15) is 0 Å². The van der Waals surface area contributed by atoms with E-state index < -0.39 is 42.0 Å². The number of ether oxygens (including phenoxy) is 2. The largest absolute Gasteiger partial charge is 0.494 e. The second-order valence-electron chi connectivity index (χ2n) is 10.2. The average molecular weight is 433 g/mol. The van der Waals surface area contributed by atoms with E-state index in [1.165, 1.54) is 0 Å². The van der Waals surface area contributed by atoms with E-state index in [1.54, 1.807) is 34.6 Å². The fourth-order valence-electron chi connectivity index (χ4n) is 2.98. The molecule has 0 radical (unpaired) electrons. The summed E-state index contributed by atoms with van der Waals surface area (Å²) in [5.41, 5.74) is 0.255. The Morgan fingerprint density at radius 3 is 2.00 bits per heavy atom. The molecule has 1 aromatic carbocycles. The summed E-state index contributed by atoms with van der Waals surface area (Å²) >= 11 is 0. The topological polar surface area (TPSA) is 83.1 Å². The number of nitrogens with one attached hydrogen (secondary N) is 1. The van der Waals surface area contributed by atoms with Crippen LogP contribution in [0.4, 0.5) is 4.79 Å². The van der Waals surface area contributed by atoms with Crippen LogP contribution in [-0.2, 0) is 30.0 Å². The molecule has 1 heterocycles. The number of hydrogen-bond acceptors (Lipinski definition) is 6. The molecule has 1 aliphatic rings. The maximum atomic E-state index is 12.5. The summed E-state index contributed by atoms with van der Waals surface area (Å²) < 4.78 is 22.8. The van der Waals surface area contributed by atoms with Gasteiger partial charge in [0.2, 0.25) is 0 Å². The Hall–Kier alpha value is -2.06. The third-order valence-electron chi connectivity index (χ3n) is 5.27. The van der Waals surface area contributed by atoms with Crippen molar-refractivity contribution in [2.75, 3.05) is 0 Å². The molecule has 0 spiro atoms. The average Bonchev–Trinajstić information content (AvgIpc) is 2.80. The summed E-state index contributed by atoms with van der Waals surface area (Å²) in [6, 6.07) is 6.76. The Morgan fingerprint density at radius 2 is 1.55 bits per heavy atom. The molecule has 0 aliphatic carbocycles. The highest BCUT2D eigenvalue weighted by molar-refractivity contribution is 6.62. The van der Waals surface area contributed by atoms with Gasteiger partial charge in [0.25, 0.3) is 0 Å². The van der Waals surface area contributed by atoms with Crippen molar-refractivity contribution in [1.82, 2.24) is 5.32 Å². The molecule has 0 aromatic heterocycles. The maximum absolute atomic E-state index is 12.5. The molecule has 1 fully saturated rings. The van der Waals surface area contributed by atoms with Crippen LogP contribution in [0.5, 0.6) is 0 Å². The van der Waals surface area contributed by atoms with Crippen LogP contribution in [0.25, 0.3) is 0 Å². The molecule has 1 amide bonds. The lowest BCUT2D eigenvalue weighted by atomic mass is 9.78. The molecule has 8 heteroatoms. The zero-order valence-electron chi connectivity index (χ0n) is 20.2. The van der Waals surface area contributed by atoms with Gasteiger partial charge < -0.3 is 24.1 Å². The van der Waals surface area contributed by atoms with E-state index >= 15 is 0 Å². The summed E-state index contributed by atoms with van der Waals surface area (Å²) in [6.45, 7) is 16.9. The van der Waals surface area contributed by atoms with Crippen molar-refractivity contribution in [2.24, 2.45) is 0 Å². The predicted octanol–water partition coefficient (Wildman–Crippen LogP) is 3.37. The zero-order chi connectivity index (χ0) is 23.6. The highest BCUT2D eigenvalue weighted by atomic mass is 16.7. The molecular weight excluding hydrogens is 397 g/mol. The number of esters is 1. The van der Waals surface area contributed by atoms with Crippen LogP contribution in [-0.4, -0.2) is 48.1 Å². The van der Waals surface area contributed by atoms with Crippen LogP contribution in [0, 0.1) is 0 Å². The Kier molecular flexibility index (Phi) is 7.49. The summed E-state index contributed by atoms with van der Waals surface area (Å²) in [5.74, 6) is -0.504. The Bertz CT molecular complexity index is 766. The fraction of sp³-hybridized carbons (Fsp3) is 0.652. The minimum atomic E-state index is -0.861. The van der Waals surface area contributed by atoms with E-state index in [1.807, 2.05) is 52.0 Å². The highest BCUT2D eigenvalue weighted by Crippen LogP contribution is 2.36. The van der Waals surface area contributed by atoms with Crippen LogP contribution in [0.2, 0.25) is 0 Å². The molecule has 0 bridgehead atoms. The van der Waals surface area contributed by atoms with Gasteiger partial charge in [-0.15, -0.1) is 0 Å². The minimum absolute atomic E-state index is 0.272. The molecular formula is C23H36BNO6. The van der Waals surface area contributed by atoms with Crippen molar-refractivity contribution >= 4 is 24.6 Å². The van der Waals surface area contributed by atoms with Gasteiger partial charge in [-0.1, -0.05) is 24.3 Å². The lowest BCUT2D eigenvalue weighted by Gasteiger charge is -2.32. The third kappa shape index (κ3) is 6.97. The first-order valence-electron chi connectivity index (χ1n) is 10.7. The number of carbonyl (C=O) groups is 2. The van der Waals surface area contributed by atoms with E-state index in [4.69, 9.17) is 18.8 Å². The van der Waals surface area contributed by atoms with Crippen LogP contribution in [0.3, 0.4) is 0 Å². The van der Waals surface area contributed by atoms with Crippen molar-refractivity contribution in [2.45, 2.75) is 97.7 Å². The molecule has 31 heavy (non-hydrogen) atoms. The predicted molar refractivity (Wildman–Crippen MR) is 120 cm³/mol. The SMILES string of the molecule is CC(C)OC(=O)[C@H](Cc1ccc(B2OC(C)(C)C(C)(C)O2)cc1)NC(=O)OC(C)(C)C. The first-order valence-corrected chi connectivity index (χ1v) is 10.7. The van der Waals surface area contributed by atoms with Gasteiger partial charge in [0.15, 0.2) is 0 Å². The molecule has 1 saturated heterocycles. The summed E-state index contributed by atoms with van der Waals surface area (Å²) in [5, 5.41) is 2.63. The quantitative estimate of drug-likeness (QED) is 0.547. The first-order chi connectivity index (χ1) is 14.1. The number of amides is 1. The molecule has 1 aliphatic heterocycles. The van der Waals surface area contributed by atoms with E-state index in [-0.39, 0.29) is 12.5 Å². The van der Waals surface area contributed by atoms with Gasteiger partial charge in [-0.05, 0) is 73.3 Å². The van der Waals surface area contributed by atoms with Crippen molar-refractivity contribution in [1.29, 1.82) is 0 Å². The van der Waals surface area contributed by atoms with E-state index in [0.717, 1.165) is 11.0 Å². The van der Waals surface area contributed by atoms with Gasteiger partial charge in [-0.25, -0.2) is 9.59 Å². The van der Waals surface area contributed by atoms with Crippen molar-refractivity contribution in [3.63, 3.8) is 0 Å². The second kappa shape index (κ2) is 9.21. The zero-order valence-corrected chi connectivity index (χ0v) is 20.2. The molecule has 172 valence electrons. The lowest BCUT2D eigenvalue weighted by molar-refractivity contribution is -0.149. The Labute approximate surface area is 186 Å². The van der Waals surface area contributed by atoms with E-state index in [9.17, 15) is 9.59 Å². The van der Waals surface area contributed by atoms with Crippen LogP contribution >= 0.6 is 0 Å². The maximum Gasteiger partial charge on any atom is 0.494 e. The summed E-state index contributed by atoms with van der Waals surface area (Å²) in [6.07, 6.45) is -0.678. The van der Waals surface area contributed by atoms with Crippen molar-refractivity contribution in [3.8, 4) is 0 Å². The number of benzene rings is 1. The number of rotatable bonds is 6. The lowest BCUT2D eigenvalue weighted by Crippen LogP contribution is -2.46. The van der Waals surface area contributed by atoms with Crippen LogP contribution < -0.4 is 10.8 Å². The number of alkyl carbamates (subject to hydrolysis) is 1. The molecule has 1 N–H and O–H groups in total. The van der Waals surface area contributed by atoms with Gasteiger partial charge >= 0.3 is 19.2 Å². The second-order valence-corrected chi connectivity index (χ2v) is 10.2. The van der Waals surface area contributed by atoms with E-state index in [0.29, 0.717) is 0 Å². The first kappa shape index (κ1) is 25.2. The van der Waals surface area contributed by atoms with Crippen LogP contribution in [0.15, 0.2) is 24.3 Å². The third-order valence-corrected chi connectivity index (χ3v) is 5.27. The molecule has 0 unspecified atom stereocenters. The molecule has 1 atom stereocenters. The summed E-state index contributed by atoms with van der Waals surface area (Å²) in [7, 11) is -0.458. The molecule has 7 nitrogen and oxygen atoms in total. The van der Waals surface area contributed by atoms with Gasteiger partial charge in [0.05, 0.1) is 17.3 Å². The normalized spacial score (nSPS) is 18.6. The minimum Gasteiger partial charge on any atom is -0.461 e. The van der Waals surface area contributed by atoms with Crippen molar-refractivity contribution in [3.05, 3.63) is 29.8 Å². The number of hydrogen-bond donors (Lipinski definition) is 1. The van der Waals surface area contributed by atoms with Crippen LogP contribution in [0.1, 0.15) is 67.9 Å². The molecule has 1 aromatic rings. The van der Waals surface area contributed by atoms with Crippen molar-refractivity contribution < 1.29 is 28.4 Å². The molecule has 2 rings (SSSR count). The fourth-order valence-corrected chi connectivity index (χ4v) is 2.98. The van der Waals surface area contributed by atoms with Gasteiger partial charge in [-0.3, -0.25) is 0 Å². The Morgan fingerprint density at radius 1 is 1.03 bits per heavy atom. The van der Waals surface area contributed by atoms with E-state index in [2.05, 4.69) is 5.32 Å². The molecule has 0 saturated carbocycles. The standard InChI is InChI=1S/C23H36BNO6/c1-15(2)28-19(26)18(25-20(27)29-21(3,4)5)14-16-10-12-17(13-11-16)24-30-22(6,7)23(8,9)31-24/h10-13,15,18H,14H2,1-9H3,(H,25,27)/t18-/m0/s1. The monoisotopic (exact) mass is 433 g/mol. The van der Waals surface area contributed by atoms with Gasteiger partial charge in [0, 0.05) is 6.42 Å². The smallest absolute Gasteiger partial charge is 0.461 e. The summed E-state index contributed by atoms with van der Waals surface area (Å²) in [4.78, 5) is 24.8. The van der Waals surface area contributed by atoms with Gasteiger partial charge in [0.1, 0.15) is 11.6 Å².